The summed E-state index contributed by atoms with van der Waals surface area (Å²) in [6.45, 7) is 4.07. The molecule has 5 N–H and O–H groups in total. The first-order valence-electron chi connectivity index (χ1n) is 19.5. The van der Waals surface area contributed by atoms with E-state index in [0.717, 1.165) is 6.42 Å². The van der Waals surface area contributed by atoms with Gasteiger partial charge in [0.2, 0.25) is 11.8 Å². The molecule has 4 aliphatic heterocycles. The Morgan fingerprint density at radius 2 is 1.68 bits per heavy atom. The first kappa shape index (κ1) is 44.0. The topological polar surface area (TPSA) is 275 Å². The van der Waals surface area contributed by atoms with Crippen LogP contribution in [0.4, 0.5) is 10.6 Å². The molecular formula is C37H53N9O13. The molecule has 22 heteroatoms. The highest BCUT2D eigenvalue weighted by Gasteiger charge is 2.54. The minimum Gasteiger partial charge on any atom is -0.394 e. The molecule has 6 rings (SSSR count). The van der Waals surface area contributed by atoms with Crippen molar-refractivity contribution in [2.45, 2.75) is 94.1 Å². The number of piperazine rings is 1. The fourth-order valence-electron chi connectivity index (χ4n) is 8.33. The molecule has 2 aromatic heterocycles. The first-order chi connectivity index (χ1) is 28.2. The number of likely N-dealkylation sites (N-methyl/N-ethyl adjacent to an activating group) is 1. The van der Waals surface area contributed by atoms with Crippen LogP contribution in [0.15, 0.2) is 18.6 Å². The SMILES string of the molecule is CO[C@@H]1OC(CO)[C@@H](O)C(O[C@@H]2OC(C(=O)N3CCN(C(=O)n4ccc5c(N(C)[C@H]6CN(C(=O)CC#N)CC[C@H]6C)ncnc54)CC3)[C@@H](OC)C(O)C2O)C1NC(C)=O. The van der Waals surface area contributed by atoms with Crippen LogP contribution in [-0.2, 0) is 38.1 Å². The zero-order valence-corrected chi connectivity index (χ0v) is 33.6. The molecule has 6 heterocycles. The summed E-state index contributed by atoms with van der Waals surface area (Å²) in [6.07, 6.45) is -9.84. The van der Waals surface area contributed by atoms with Crippen molar-refractivity contribution in [2.24, 2.45) is 5.92 Å². The van der Waals surface area contributed by atoms with E-state index in [0.29, 0.717) is 29.9 Å². The van der Waals surface area contributed by atoms with Gasteiger partial charge in [-0.25, -0.2) is 14.8 Å². The number of methoxy groups -OCH3 is 2. The number of rotatable bonds is 10. The number of nitrogens with zero attached hydrogens (tertiary/aromatic N) is 8. The Balaban J connectivity index is 1.13. The van der Waals surface area contributed by atoms with Crippen LogP contribution < -0.4 is 10.2 Å². The summed E-state index contributed by atoms with van der Waals surface area (Å²) >= 11 is 0. The molecular weight excluding hydrogens is 778 g/mol. The van der Waals surface area contributed by atoms with Gasteiger partial charge >= 0.3 is 6.03 Å². The minimum atomic E-state index is -1.78. The lowest BCUT2D eigenvalue weighted by molar-refractivity contribution is -0.339. The van der Waals surface area contributed by atoms with Gasteiger partial charge in [-0.2, -0.15) is 5.26 Å². The number of hydrogen-bond acceptors (Lipinski definition) is 17. The van der Waals surface area contributed by atoms with Gasteiger partial charge in [-0.05, 0) is 18.4 Å². The Morgan fingerprint density at radius 3 is 2.32 bits per heavy atom. The molecule has 0 aromatic carbocycles. The molecule has 59 heavy (non-hydrogen) atoms. The van der Waals surface area contributed by atoms with Gasteiger partial charge in [0.1, 0.15) is 61.2 Å². The number of carbonyl (C=O) groups is 4. The molecule has 0 bridgehead atoms. The number of fused-ring (bicyclic) bond motifs is 1. The van der Waals surface area contributed by atoms with Crippen molar-refractivity contribution >= 4 is 40.6 Å². The third kappa shape index (κ3) is 8.84. The number of hydrogen-bond donors (Lipinski definition) is 5. The Bertz CT molecular complexity index is 1870. The summed E-state index contributed by atoms with van der Waals surface area (Å²) in [5, 5.41) is 55.3. The number of anilines is 1. The van der Waals surface area contributed by atoms with Crippen LogP contribution in [0.3, 0.4) is 0 Å². The fraction of sp³-hybridized carbons (Fsp3) is 0.703. The Labute approximate surface area is 340 Å². The van der Waals surface area contributed by atoms with Gasteiger partial charge in [0.15, 0.2) is 24.3 Å². The zero-order chi connectivity index (χ0) is 42.7. The maximum atomic E-state index is 14.0. The van der Waals surface area contributed by atoms with Crippen molar-refractivity contribution in [1.82, 2.24) is 34.6 Å². The van der Waals surface area contributed by atoms with E-state index in [4.69, 9.17) is 28.9 Å². The van der Waals surface area contributed by atoms with Crippen LogP contribution in [0.25, 0.3) is 11.0 Å². The van der Waals surface area contributed by atoms with E-state index in [1.54, 1.807) is 22.1 Å². The average Bonchev–Trinajstić information content (AvgIpc) is 3.67. The quantitative estimate of drug-likeness (QED) is 0.162. The van der Waals surface area contributed by atoms with Gasteiger partial charge in [-0.1, -0.05) is 6.92 Å². The lowest BCUT2D eigenvalue weighted by atomic mass is 9.92. The van der Waals surface area contributed by atoms with Gasteiger partial charge in [-0.3, -0.25) is 19.0 Å². The minimum absolute atomic E-state index is 0.0742. The molecule has 0 spiro atoms. The number of nitrogens with one attached hydrogen (secondary N) is 1. The number of amides is 4. The van der Waals surface area contributed by atoms with Crippen LogP contribution in [0.1, 0.15) is 26.7 Å². The molecule has 4 saturated heterocycles. The number of aromatic nitrogens is 3. The summed E-state index contributed by atoms with van der Waals surface area (Å²) in [6, 6.07) is 2.05. The van der Waals surface area contributed by atoms with Crippen LogP contribution in [-0.4, -0.2) is 208 Å². The summed E-state index contributed by atoms with van der Waals surface area (Å²) < 4.78 is 29.7. The number of ether oxygens (including phenoxy) is 5. The highest BCUT2D eigenvalue weighted by molar-refractivity contribution is 5.95. The van der Waals surface area contributed by atoms with Gasteiger partial charge in [0.05, 0.1) is 24.1 Å². The van der Waals surface area contributed by atoms with Crippen molar-refractivity contribution in [3.05, 3.63) is 18.6 Å². The molecule has 0 aliphatic carbocycles. The van der Waals surface area contributed by atoms with E-state index in [1.807, 2.05) is 18.0 Å². The number of likely N-dealkylation sites (tertiary alicyclic amines) is 1. The molecule has 0 radical (unpaired) electrons. The number of nitriles is 1. The van der Waals surface area contributed by atoms with Crippen molar-refractivity contribution in [3.63, 3.8) is 0 Å². The van der Waals surface area contributed by atoms with E-state index in [1.165, 1.54) is 36.9 Å². The molecule has 2 aromatic rings. The number of aliphatic hydroxyl groups is 4. The fourth-order valence-corrected chi connectivity index (χ4v) is 8.33. The molecule has 0 saturated carbocycles. The number of piperidine rings is 1. The Morgan fingerprint density at radius 1 is 0.966 bits per heavy atom. The third-order valence-corrected chi connectivity index (χ3v) is 11.7. The molecule has 6 unspecified atom stereocenters. The average molecular weight is 832 g/mol. The Kier molecular flexibility index (Phi) is 14.0. The third-order valence-electron chi connectivity index (χ3n) is 11.7. The monoisotopic (exact) mass is 831 g/mol. The van der Waals surface area contributed by atoms with E-state index < -0.39 is 79.8 Å². The summed E-state index contributed by atoms with van der Waals surface area (Å²) in [7, 11) is 4.41. The molecule has 4 aliphatic rings. The van der Waals surface area contributed by atoms with Crippen molar-refractivity contribution in [1.29, 1.82) is 5.26 Å². The molecule has 324 valence electrons. The van der Waals surface area contributed by atoms with Gasteiger partial charge in [0, 0.05) is 73.7 Å². The molecule has 22 nitrogen and oxygen atoms in total. The van der Waals surface area contributed by atoms with Gasteiger partial charge < -0.3 is 69.0 Å². The highest BCUT2D eigenvalue weighted by atomic mass is 16.7. The summed E-state index contributed by atoms with van der Waals surface area (Å²) in [5.41, 5.74) is 0.376. The maximum absolute atomic E-state index is 14.0. The van der Waals surface area contributed by atoms with Crippen LogP contribution in [0.5, 0.6) is 0 Å². The zero-order valence-electron chi connectivity index (χ0n) is 33.6. The van der Waals surface area contributed by atoms with Crippen molar-refractivity contribution in [3.8, 4) is 6.07 Å². The molecule has 4 amide bonds. The first-order valence-corrected chi connectivity index (χ1v) is 19.5. The van der Waals surface area contributed by atoms with E-state index in [-0.39, 0.29) is 56.5 Å². The van der Waals surface area contributed by atoms with Crippen LogP contribution in [0.2, 0.25) is 0 Å². The Hall–Kier alpha value is -4.57. The second-order valence-corrected chi connectivity index (χ2v) is 15.2. The summed E-state index contributed by atoms with van der Waals surface area (Å²) in [5.74, 6) is -0.559. The second kappa shape index (κ2) is 18.8. The summed E-state index contributed by atoms with van der Waals surface area (Å²) in [4.78, 5) is 68.2. The standard InChI is InChI=1S/C37H53N9O13/c1-19-7-10-45(24(49)6-9-38)16-22(19)42(3)32-21-8-11-46(33(21)40-18-39-32)37(54)44-14-12-43(13-15-44)34(53)31-30(55-4)27(51)28(52)36(59-31)58-29-25(41-20(2)48)35(56-5)57-23(17-47)26(29)50/h8,11,18-19,22-23,25-31,35-36,47,50-52H,6-7,10,12-17H2,1-5H3,(H,41,48)/t19-,22+,23?,25?,26-,27?,28?,29?,30+,31?,35-,36-/m1/s1. The maximum Gasteiger partial charge on any atom is 0.329 e. The lowest BCUT2D eigenvalue weighted by Crippen LogP contribution is -2.69. The van der Waals surface area contributed by atoms with Crippen molar-refractivity contribution < 1.29 is 63.3 Å². The predicted octanol–water partition coefficient (Wildman–Crippen LogP) is -2.79. The number of carbonyl (C=O) groups excluding carboxylic acids is 4. The van der Waals surface area contributed by atoms with Crippen molar-refractivity contribution in [2.75, 3.05) is 72.0 Å². The smallest absolute Gasteiger partial charge is 0.329 e. The second-order valence-electron chi connectivity index (χ2n) is 15.2. The van der Waals surface area contributed by atoms with E-state index >= 15 is 0 Å². The van der Waals surface area contributed by atoms with Gasteiger partial charge in [0.25, 0.3) is 5.91 Å². The lowest BCUT2D eigenvalue weighted by Gasteiger charge is -2.48. The van der Waals surface area contributed by atoms with E-state index in [2.05, 4.69) is 22.2 Å². The highest BCUT2D eigenvalue weighted by Crippen LogP contribution is 2.33. The van der Waals surface area contributed by atoms with Crippen LogP contribution >= 0.6 is 0 Å². The van der Waals surface area contributed by atoms with E-state index in [9.17, 15) is 39.6 Å². The predicted molar refractivity (Wildman–Crippen MR) is 202 cm³/mol. The van der Waals surface area contributed by atoms with Gasteiger partial charge in [-0.15, -0.1) is 0 Å². The normalized spacial score (nSPS) is 32.7. The molecule has 4 fully saturated rings. The largest absolute Gasteiger partial charge is 0.394 e. The van der Waals surface area contributed by atoms with Crippen LogP contribution in [0, 0.1) is 17.2 Å². The number of aliphatic hydroxyl groups excluding tert-OH is 4. The molecule has 12 atom stereocenters.